The highest BCUT2D eigenvalue weighted by atomic mass is 16.5. The molecule has 122 valence electrons. The Balaban J connectivity index is 1.69. The Morgan fingerprint density at radius 1 is 1.17 bits per heavy atom. The molecule has 0 saturated heterocycles. The van der Waals surface area contributed by atoms with E-state index in [-0.39, 0.29) is 18.0 Å². The third-order valence-electron chi connectivity index (χ3n) is 3.34. The minimum absolute atomic E-state index is 0.0309. The second-order valence-corrected chi connectivity index (χ2v) is 4.99. The number of para-hydroxylation sites is 2. The summed E-state index contributed by atoms with van der Waals surface area (Å²) in [5.74, 6) is 0.597. The fraction of sp³-hybridized carbons (Fsp3) is 0.294. The Kier molecular flexibility index (Phi) is 6.23. The number of ether oxygens (including phenoxy) is 1. The maximum Gasteiger partial charge on any atom is 0.250 e. The van der Waals surface area contributed by atoms with Gasteiger partial charge in [-0.05, 0) is 24.6 Å². The van der Waals surface area contributed by atoms with Crippen molar-refractivity contribution >= 4 is 11.6 Å². The Morgan fingerprint density at radius 2 is 1.96 bits per heavy atom. The minimum atomic E-state index is -0.101. The number of aromatic nitrogens is 1. The Bertz CT molecular complexity index is 697. The summed E-state index contributed by atoms with van der Waals surface area (Å²) < 4.78 is 6.83. The molecule has 6 heteroatoms. The van der Waals surface area contributed by atoms with Crippen LogP contribution in [0, 0.1) is 0 Å². The van der Waals surface area contributed by atoms with E-state index in [9.17, 15) is 9.59 Å². The molecule has 1 heterocycles. The molecule has 2 rings (SSSR count). The number of nitrogens with zero attached hydrogens (tertiary/aromatic N) is 1. The first-order valence-electron chi connectivity index (χ1n) is 7.50. The summed E-state index contributed by atoms with van der Waals surface area (Å²) in [5, 5.41) is 5.86. The van der Waals surface area contributed by atoms with Gasteiger partial charge in [-0.25, -0.2) is 0 Å². The molecule has 23 heavy (non-hydrogen) atoms. The van der Waals surface area contributed by atoms with Gasteiger partial charge in [0.05, 0.1) is 19.3 Å². The highest BCUT2D eigenvalue weighted by Crippen LogP contribution is 2.22. The number of aryl methyl sites for hydroxylation is 1. The van der Waals surface area contributed by atoms with Crippen LogP contribution in [0.3, 0.4) is 0 Å². The number of rotatable bonds is 8. The molecular formula is C17H21N3O3. The lowest BCUT2D eigenvalue weighted by Crippen LogP contribution is -2.31. The lowest BCUT2D eigenvalue weighted by molar-refractivity contribution is -0.119. The number of methoxy groups -OCH3 is 1. The largest absolute Gasteiger partial charge is 0.495 e. The van der Waals surface area contributed by atoms with Gasteiger partial charge < -0.3 is 19.9 Å². The van der Waals surface area contributed by atoms with Gasteiger partial charge in [0.15, 0.2) is 0 Å². The Morgan fingerprint density at radius 3 is 2.74 bits per heavy atom. The molecule has 1 aromatic carbocycles. The van der Waals surface area contributed by atoms with Gasteiger partial charge in [-0.15, -0.1) is 0 Å². The van der Waals surface area contributed by atoms with Gasteiger partial charge in [-0.3, -0.25) is 9.59 Å². The van der Waals surface area contributed by atoms with Crippen LogP contribution >= 0.6 is 0 Å². The first-order valence-corrected chi connectivity index (χ1v) is 7.50. The molecule has 0 bridgehead atoms. The number of hydrogen-bond acceptors (Lipinski definition) is 4. The van der Waals surface area contributed by atoms with E-state index in [1.807, 2.05) is 30.3 Å². The standard InChI is InChI=1S/C17H21N3O3/c1-23-15-8-3-2-7-14(15)19-13-16(21)18-10-6-12-20-11-5-4-9-17(20)22/h2-5,7-9,11,19H,6,10,12-13H2,1H3,(H,18,21). The van der Waals surface area contributed by atoms with Gasteiger partial charge in [0.25, 0.3) is 0 Å². The molecule has 1 aromatic heterocycles. The summed E-state index contributed by atoms with van der Waals surface area (Å²) in [5.41, 5.74) is 0.748. The number of carbonyl (C=O) groups excluding carboxylic acids is 1. The third-order valence-corrected chi connectivity index (χ3v) is 3.34. The van der Waals surface area contributed by atoms with Crippen LogP contribution in [0.2, 0.25) is 0 Å². The molecule has 0 fully saturated rings. The van der Waals surface area contributed by atoms with Crippen molar-refractivity contribution in [1.82, 2.24) is 9.88 Å². The molecule has 0 aliphatic rings. The maximum absolute atomic E-state index is 11.8. The molecule has 0 atom stereocenters. The van der Waals surface area contributed by atoms with Crippen molar-refractivity contribution in [3.8, 4) is 5.75 Å². The molecule has 0 saturated carbocycles. The average Bonchev–Trinajstić information content (AvgIpc) is 2.58. The van der Waals surface area contributed by atoms with Crippen molar-refractivity contribution in [3.05, 3.63) is 59.0 Å². The van der Waals surface area contributed by atoms with Crippen LogP contribution in [0.25, 0.3) is 0 Å². The summed E-state index contributed by atoms with van der Waals surface area (Å²) in [6, 6.07) is 12.5. The van der Waals surface area contributed by atoms with Gasteiger partial charge in [0, 0.05) is 25.4 Å². The van der Waals surface area contributed by atoms with Crippen molar-refractivity contribution < 1.29 is 9.53 Å². The van der Waals surface area contributed by atoms with Crippen LogP contribution in [0.4, 0.5) is 5.69 Å². The molecule has 0 aliphatic carbocycles. The fourth-order valence-electron chi connectivity index (χ4n) is 2.15. The highest BCUT2D eigenvalue weighted by Gasteiger charge is 2.04. The van der Waals surface area contributed by atoms with Crippen LogP contribution in [-0.4, -0.2) is 30.7 Å². The fourth-order valence-corrected chi connectivity index (χ4v) is 2.15. The number of anilines is 1. The summed E-state index contributed by atoms with van der Waals surface area (Å²) in [6.07, 6.45) is 2.44. The number of hydrogen-bond donors (Lipinski definition) is 2. The zero-order valence-corrected chi connectivity index (χ0v) is 13.1. The van der Waals surface area contributed by atoms with Crippen LogP contribution < -0.4 is 20.9 Å². The molecule has 0 spiro atoms. The van der Waals surface area contributed by atoms with Crippen molar-refractivity contribution in [3.63, 3.8) is 0 Å². The molecular weight excluding hydrogens is 294 g/mol. The van der Waals surface area contributed by atoms with Gasteiger partial charge in [0.1, 0.15) is 5.75 Å². The van der Waals surface area contributed by atoms with Crippen molar-refractivity contribution in [2.45, 2.75) is 13.0 Å². The Hall–Kier alpha value is -2.76. The monoisotopic (exact) mass is 315 g/mol. The van der Waals surface area contributed by atoms with E-state index in [2.05, 4.69) is 10.6 Å². The highest BCUT2D eigenvalue weighted by molar-refractivity contribution is 5.81. The zero-order valence-electron chi connectivity index (χ0n) is 13.1. The van der Waals surface area contributed by atoms with Crippen molar-refractivity contribution in [2.75, 3.05) is 25.5 Å². The lowest BCUT2D eigenvalue weighted by atomic mass is 10.3. The smallest absolute Gasteiger partial charge is 0.250 e. The van der Waals surface area contributed by atoms with Crippen LogP contribution in [0.1, 0.15) is 6.42 Å². The van der Waals surface area contributed by atoms with Crippen LogP contribution in [0.5, 0.6) is 5.75 Å². The normalized spacial score (nSPS) is 10.1. The van der Waals surface area contributed by atoms with E-state index in [1.54, 1.807) is 23.9 Å². The zero-order chi connectivity index (χ0) is 16.5. The quantitative estimate of drug-likeness (QED) is 0.724. The van der Waals surface area contributed by atoms with E-state index < -0.39 is 0 Å². The maximum atomic E-state index is 11.8. The first-order chi connectivity index (χ1) is 11.2. The predicted octanol–water partition coefficient (Wildman–Crippen LogP) is 1.48. The summed E-state index contributed by atoms with van der Waals surface area (Å²) in [6.45, 7) is 1.28. The van der Waals surface area contributed by atoms with Gasteiger partial charge in [0.2, 0.25) is 11.5 Å². The summed E-state index contributed by atoms with van der Waals surface area (Å²) in [7, 11) is 1.59. The third kappa shape index (κ3) is 5.18. The minimum Gasteiger partial charge on any atom is -0.495 e. The molecule has 0 aliphatic heterocycles. The average molecular weight is 315 g/mol. The number of amides is 1. The van der Waals surface area contributed by atoms with Crippen LogP contribution in [0.15, 0.2) is 53.5 Å². The van der Waals surface area contributed by atoms with E-state index in [0.29, 0.717) is 25.3 Å². The molecule has 0 unspecified atom stereocenters. The molecule has 2 N–H and O–H groups in total. The van der Waals surface area contributed by atoms with Crippen LogP contribution in [-0.2, 0) is 11.3 Å². The van der Waals surface area contributed by atoms with E-state index in [1.165, 1.54) is 6.07 Å². The van der Waals surface area contributed by atoms with E-state index >= 15 is 0 Å². The first kappa shape index (κ1) is 16.6. The lowest BCUT2D eigenvalue weighted by Gasteiger charge is -2.11. The van der Waals surface area contributed by atoms with Crippen molar-refractivity contribution in [1.29, 1.82) is 0 Å². The molecule has 0 radical (unpaired) electrons. The number of pyridine rings is 1. The number of benzene rings is 1. The van der Waals surface area contributed by atoms with Gasteiger partial charge >= 0.3 is 0 Å². The second kappa shape index (κ2) is 8.63. The topological polar surface area (TPSA) is 72.4 Å². The SMILES string of the molecule is COc1ccccc1NCC(=O)NCCCn1ccccc1=O. The molecule has 6 nitrogen and oxygen atoms in total. The summed E-state index contributed by atoms with van der Waals surface area (Å²) >= 11 is 0. The predicted molar refractivity (Wildman–Crippen MR) is 89.8 cm³/mol. The summed E-state index contributed by atoms with van der Waals surface area (Å²) in [4.78, 5) is 23.3. The number of carbonyl (C=O) groups is 1. The van der Waals surface area contributed by atoms with Gasteiger partial charge in [-0.1, -0.05) is 18.2 Å². The van der Waals surface area contributed by atoms with E-state index in [0.717, 1.165) is 5.69 Å². The van der Waals surface area contributed by atoms with E-state index in [4.69, 9.17) is 4.74 Å². The number of nitrogens with one attached hydrogen (secondary N) is 2. The van der Waals surface area contributed by atoms with Crippen molar-refractivity contribution in [2.24, 2.45) is 0 Å². The van der Waals surface area contributed by atoms with Gasteiger partial charge in [-0.2, -0.15) is 0 Å². The second-order valence-electron chi connectivity index (χ2n) is 4.99. The molecule has 1 amide bonds. The Labute approximate surface area is 135 Å². The molecule has 2 aromatic rings.